The van der Waals surface area contributed by atoms with E-state index in [1.54, 1.807) is 0 Å². The molecule has 82 valence electrons. The molecule has 0 aliphatic heterocycles. The zero-order valence-electron chi connectivity index (χ0n) is 7.81. The normalized spacial score (nSPS) is 10.1. The number of halogens is 3. The maximum Gasteiger partial charge on any atom is 0.248 e. The number of rotatable bonds is 3. The van der Waals surface area contributed by atoms with Gasteiger partial charge < -0.3 is 0 Å². The molecule has 6 heteroatoms. The molecule has 0 saturated carbocycles. The van der Waals surface area contributed by atoms with Gasteiger partial charge in [0.15, 0.2) is 11.6 Å². The van der Waals surface area contributed by atoms with Crippen LogP contribution in [-0.2, 0) is 16.1 Å². The fourth-order valence-corrected chi connectivity index (χ4v) is 1.04. The molecule has 0 unspecified atom stereocenters. The molecule has 0 heterocycles. The Bertz CT molecular complexity index is 382. The summed E-state index contributed by atoms with van der Waals surface area (Å²) in [4.78, 5) is 15.2. The van der Waals surface area contributed by atoms with Gasteiger partial charge in [-0.05, 0) is 12.1 Å². The van der Waals surface area contributed by atoms with Gasteiger partial charge in [-0.2, -0.15) is 0 Å². The summed E-state index contributed by atoms with van der Waals surface area (Å²) >= 11 is 0. The number of carbonyl (C=O) groups excluding carboxylic acids is 1. The van der Waals surface area contributed by atoms with Gasteiger partial charge in [0.05, 0.1) is 13.5 Å². The van der Waals surface area contributed by atoms with E-state index in [0.29, 0.717) is 6.07 Å². The molecule has 1 aromatic rings. The lowest BCUT2D eigenvalue weighted by atomic mass is 10.1. The minimum atomic E-state index is -1.36. The van der Waals surface area contributed by atoms with Gasteiger partial charge in [-0.3, -0.25) is 9.63 Å². The predicted molar refractivity (Wildman–Crippen MR) is 45.2 cm³/mol. The number of carbonyl (C=O) groups is 1. The summed E-state index contributed by atoms with van der Waals surface area (Å²) in [6, 6.07) is 1.41. The highest BCUT2D eigenvalue weighted by Gasteiger charge is 2.16. The van der Waals surface area contributed by atoms with Crippen molar-refractivity contribution < 1.29 is 22.8 Å². The van der Waals surface area contributed by atoms with Crippen molar-refractivity contribution in [3.8, 4) is 0 Å². The molecule has 1 rings (SSSR count). The van der Waals surface area contributed by atoms with E-state index in [9.17, 15) is 18.0 Å². The van der Waals surface area contributed by atoms with Crippen LogP contribution in [0, 0.1) is 17.5 Å². The third-order valence-electron chi connectivity index (χ3n) is 1.69. The Kier molecular flexibility index (Phi) is 3.68. The standard InChI is InChI=1S/C9H8F3NO2/c1-15-13-8(14)4-5-6(10)2-3-7(11)9(5)12/h2-3H,4H2,1H3,(H,13,14). The topological polar surface area (TPSA) is 38.3 Å². The fourth-order valence-electron chi connectivity index (χ4n) is 1.04. The molecule has 0 bridgehead atoms. The van der Waals surface area contributed by atoms with Crippen molar-refractivity contribution in [2.24, 2.45) is 0 Å². The number of hydrogen-bond acceptors (Lipinski definition) is 2. The maximum absolute atomic E-state index is 13.0. The summed E-state index contributed by atoms with van der Waals surface area (Å²) in [5.41, 5.74) is 1.25. The predicted octanol–water partition coefficient (Wildman–Crippen LogP) is 1.32. The van der Waals surface area contributed by atoms with E-state index in [-0.39, 0.29) is 0 Å². The quantitative estimate of drug-likeness (QED) is 0.615. The van der Waals surface area contributed by atoms with Crippen LogP contribution in [0.15, 0.2) is 12.1 Å². The van der Waals surface area contributed by atoms with Crippen molar-refractivity contribution in [3.63, 3.8) is 0 Å². The zero-order valence-corrected chi connectivity index (χ0v) is 7.81. The highest BCUT2D eigenvalue weighted by Crippen LogP contribution is 2.16. The highest BCUT2D eigenvalue weighted by molar-refractivity contribution is 5.77. The molecule has 0 spiro atoms. The Morgan fingerprint density at radius 2 is 1.93 bits per heavy atom. The third-order valence-corrected chi connectivity index (χ3v) is 1.69. The van der Waals surface area contributed by atoms with Gasteiger partial charge in [-0.1, -0.05) is 0 Å². The molecule has 0 atom stereocenters. The first kappa shape index (κ1) is 11.5. The minimum absolute atomic E-state index is 0.621. The lowest BCUT2D eigenvalue weighted by Gasteiger charge is -2.05. The molecule has 15 heavy (non-hydrogen) atoms. The monoisotopic (exact) mass is 219 g/mol. The van der Waals surface area contributed by atoms with Crippen molar-refractivity contribution in [2.45, 2.75) is 6.42 Å². The van der Waals surface area contributed by atoms with Gasteiger partial charge in [0.1, 0.15) is 5.82 Å². The molecule has 1 amide bonds. The molecular formula is C9H8F3NO2. The summed E-state index contributed by atoms with van der Waals surface area (Å²) in [7, 11) is 1.18. The molecular weight excluding hydrogens is 211 g/mol. The number of nitrogens with one attached hydrogen (secondary N) is 1. The first-order valence-corrected chi connectivity index (χ1v) is 4.00. The first-order chi connectivity index (χ1) is 7.06. The molecule has 0 aliphatic rings. The van der Waals surface area contributed by atoms with E-state index < -0.39 is 35.3 Å². The van der Waals surface area contributed by atoms with Crippen LogP contribution >= 0.6 is 0 Å². The van der Waals surface area contributed by atoms with E-state index in [4.69, 9.17) is 0 Å². The molecule has 1 N–H and O–H groups in total. The molecule has 0 aromatic heterocycles. The van der Waals surface area contributed by atoms with Gasteiger partial charge in [0.25, 0.3) is 0 Å². The van der Waals surface area contributed by atoms with E-state index >= 15 is 0 Å². The average Bonchev–Trinajstić information content (AvgIpc) is 2.19. The van der Waals surface area contributed by atoms with E-state index in [1.165, 1.54) is 7.11 Å². The van der Waals surface area contributed by atoms with Crippen LogP contribution in [-0.4, -0.2) is 13.0 Å². The number of hydroxylamine groups is 1. The van der Waals surface area contributed by atoms with Crippen LogP contribution in [0.4, 0.5) is 13.2 Å². The van der Waals surface area contributed by atoms with Gasteiger partial charge >= 0.3 is 0 Å². The van der Waals surface area contributed by atoms with Crippen LogP contribution in [0.3, 0.4) is 0 Å². The van der Waals surface area contributed by atoms with E-state index in [1.807, 2.05) is 5.48 Å². The van der Waals surface area contributed by atoms with Gasteiger partial charge in [-0.15, -0.1) is 0 Å². The molecule has 0 radical (unpaired) electrons. The third kappa shape index (κ3) is 2.69. The first-order valence-electron chi connectivity index (χ1n) is 4.00. The largest absolute Gasteiger partial charge is 0.277 e. The molecule has 0 saturated heterocycles. The van der Waals surface area contributed by atoms with Crippen LogP contribution in [0.5, 0.6) is 0 Å². The van der Waals surface area contributed by atoms with Crippen LogP contribution < -0.4 is 5.48 Å². The van der Waals surface area contributed by atoms with E-state index in [2.05, 4.69) is 4.84 Å². The Balaban J connectivity index is 2.93. The second-order valence-electron chi connectivity index (χ2n) is 2.73. The SMILES string of the molecule is CONC(=O)Cc1c(F)ccc(F)c1F. The second-order valence-corrected chi connectivity index (χ2v) is 2.73. The summed E-state index contributed by atoms with van der Waals surface area (Å²) in [6.45, 7) is 0. The van der Waals surface area contributed by atoms with Gasteiger partial charge in [0.2, 0.25) is 5.91 Å². The molecule has 0 aliphatic carbocycles. The van der Waals surface area contributed by atoms with Crippen molar-refractivity contribution in [2.75, 3.05) is 7.11 Å². The highest BCUT2D eigenvalue weighted by atomic mass is 19.2. The minimum Gasteiger partial charge on any atom is -0.277 e. The van der Waals surface area contributed by atoms with E-state index in [0.717, 1.165) is 6.07 Å². The number of hydrogen-bond donors (Lipinski definition) is 1. The lowest BCUT2D eigenvalue weighted by molar-refractivity contribution is -0.130. The maximum atomic E-state index is 13.0. The van der Waals surface area contributed by atoms with Crippen LogP contribution in [0.2, 0.25) is 0 Å². The molecule has 0 fully saturated rings. The number of benzene rings is 1. The average molecular weight is 219 g/mol. The van der Waals surface area contributed by atoms with Crippen molar-refractivity contribution in [1.29, 1.82) is 0 Å². The second kappa shape index (κ2) is 4.79. The van der Waals surface area contributed by atoms with Crippen molar-refractivity contribution >= 4 is 5.91 Å². The summed E-state index contributed by atoms with van der Waals surface area (Å²) in [5, 5.41) is 0. The van der Waals surface area contributed by atoms with Gasteiger partial charge in [-0.25, -0.2) is 18.7 Å². The van der Waals surface area contributed by atoms with Gasteiger partial charge in [0, 0.05) is 5.56 Å². The fraction of sp³-hybridized carbons (Fsp3) is 0.222. The lowest BCUT2D eigenvalue weighted by Crippen LogP contribution is -2.24. The Hall–Kier alpha value is -1.56. The molecule has 1 aromatic carbocycles. The summed E-state index contributed by atoms with van der Waals surface area (Å²) in [5.74, 6) is -4.29. The van der Waals surface area contributed by atoms with Crippen LogP contribution in [0.1, 0.15) is 5.56 Å². The van der Waals surface area contributed by atoms with Crippen molar-refractivity contribution in [3.05, 3.63) is 35.1 Å². The van der Waals surface area contributed by atoms with Crippen LogP contribution in [0.25, 0.3) is 0 Å². The van der Waals surface area contributed by atoms with Crippen molar-refractivity contribution in [1.82, 2.24) is 5.48 Å². The summed E-state index contributed by atoms with van der Waals surface area (Å²) in [6.07, 6.45) is -0.622. The molecule has 3 nitrogen and oxygen atoms in total. The Morgan fingerprint density at radius 1 is 1.33 bits per heavy atom. The number of amides is 1. The smallest absolute Gasteiger partial charge is 0.248 e. The Labute approximate surface area is 83.8 Å². The Morgan fingerprint density at radius 3 is 2.53 bits per heavy atom. The summed E-state index contributed by atoms with van der Waals surface area (Å²) < 4.78 is 38.7. The zero-order chi connectivity index (χ0) is 11.4.